The second kappa shape index (κ2) is 6.89. The van der Waals surface area contributed by atoms with E-state index in [1.807, 2.05) is 0 Å². The van der Waals surface area contributed by atoms with Crippen molar-refractivity contribution in [2.24, 2.45) is 11.8 Å². The first kappa shape index (κ1) is 15.8. The fraction of sp³-hybridized carbons (Fsp3) is 0.450. The van der Waals surface area contributed by atoms with Gasteiger partial charge in [0.05, 0.1) is 5.69 Å². The fourth-order valence-electron chi connectivity index (χ4n) is 2.66. The van der Waals surface area contributed by atoms with Crippen molar-refractivity contribution >= 4 is 0 Å². The van der Waals surface area contributed by atoms with E-state index in [2.05, 4.69) is 71.1 Å². The van der Waals surface area contributed by atoms with Gasteiger partial charge in [0.15, 0.2) is 0 Å². The highest BCUT2D eigenvalue weighted by Crippen LogP contribution is 2.24. The predicted octanol–water partition coefficient (Wildman–Crippen LogP) is 5.45. The molecule has 1 heteroatoms. The Labute approximate surface area is 129 Å². The minimum atomic E-state index is 0.669. The molecule has 1 aromatic heterocycles. The second-order valence-corrected chi connectivity index (χ2v) is 6.90. The summed E-state index contributed by atoms with van der Waals surface area (Å²) in [6, 6.07) is 10.9. The third kappa shape index (κ3) is 4.42. The van der Waals surface area contributed by atoms with Crippen LogP contribution in [0.15, 0.2) is 36.5 Å². The van der Waals surface area contributed by atoms with Crippen LogP contribution in [-0.4, -0.2) is 4.98 Å². The zero-order valence-electron chi connectivity index (χ0n) is 14.0. The van der Waals surface area contributed by atoms with Crippen LogP contribution in [0.4, 0.5) is 0 Å². The van der Waals surface area contributed by atoms with E-state index in [4.69, 9.17) is 4.98 Å². The number of hydrogen-bond acceptors (Lipinski definition) is 1. The van der Waals surface area contributed by atoms with Crippen LogP contribution in [0.25, 0.3) is 11.3 Å². The molecule has 21 heavy (non-hydrogen) atoms. The van der Waals surface area contributed by atoms with Gasteiger partial charge in [-0.2, -0.15) is 0 Å². The quantitative estimate of drug-likeness (QED) is 0.709. The van der Waals surface area contributed by atoms with E-state index in [0.717, 1.165) is 18.5 Å². The Bertz CT molecular complexity index is 579. The third-order valence-corrected chi connectivity index (χ3v) is 3.69. The molecule has 0 bridgehead atoms. The number of benzene rings is 1. The monoisotopic (exact) mass is 281 g/mol. The Kier molecular flexibility index (Phi) is 5.17. The molecule has 1 nitrogen and oxygen atoms in total. The summed E-state index contributed by atoms with van der Waals surface area (Å²) in [5.41, 5.74) is 6.47. The topological polar surface area (TPSA) is 12.9 Å². The van der Waals surface area contributed by atoms with Crippen LogP contribution in [0, 0.1) is 18.8 Å². The molecule has 0 aliphatic heterocycles. The lowest BCUT2D eigenvalue weighted by atomic mass is 9.93. The number of nitrogens with zero attached hydrogens (tertiary/aromatic N) is 1. The van der Waals surface area contributed by atoms with Crippen LogP contribution >= 0.6 is 0 Å². The molecule has 0 aliphatic rings. The van der Waals surface area contributed by atoms with Crippen molar-refractivity contribution in [3.05, 3.63) is 53.2 Å². The zero-order valence-corrected chi connectivity index (χ0v) is 14.0. The van der Waals surface area contributed by atoms with E-state index >= 15 is 0 Å². The van der Waals surface area contributed by atoms with Crippen LogP contribution in [0.5, 0.6) is 0 Å². The maximum Gasteiger partial charge on any atom is 0.0704 e. The van der Waals surface area contributed by atoms with Gasteiger partial charge in [0.2, 0.25) is 0 Å². The van der Waals surface area contributed by atoms with Gasteiger partial charge < -0.3 is 0 Å². The van der Waals surface area contributed by atoms with Crippen molar-refractivity contribution in [2.45, 2.75) is 47.5 Å². The summed E-state index contributed by atoms with van der Waals surface area (Å²) in [6.45, 7) is 11.2. The van der Waals surface area contributed by atoms with Crippen molar-refractivity contribution < 1.29 is 0 Å². The van der Waals surface area contributed by atoms with Gasteiger partial charge in [-0.3, -0.25) is 4.98 Å². The van der Waals surface area contributed by atoms with Crippen molar-refractivity contribution in [3.8, 4) is 11.3 Å². The SMILES string of the molecule is Cc1ccc(-c2cc(CC(C)C)c(CC(C)C)cn2)cc1. The molecule has 0 amide bonds. The maximum absolute atomic E-state index is 4.70. The summed E-state index contributed by atoms with van der Waals surface area (Å²) >= 11 is 0. The number of pyridine rings is 1. The highest BCUT2D eigenvalue weighted by molar-refractivity contribution is 5.60. The van der Waals surface area contributed by atoms with Gasteiger partial charge in [-0.15, -0.1) is 0 Å². The lowest BCUT2D eigenvalue weighted by Crippen LogP contribution is -2.04. The van der Waals surface area contributed by atoms with Gasteiger partial charge >= 0.3 is 0 Å². The zero-order chi connectivity index (χ0) is 15.4. The number of hydrogen-bond donors (Lipinski definition) is 0. The molecule has 2 rings (SSSR count). The molecule has 2 aromatic rings. The molecule has 0 spiro atoms. The average molecular weight is 281 g/mol. The predicted molar refractivity (Wildman–Crippen MR) is 91.5 cm³/mol. The van der Waals surface area contributed by atoms with Gasteiger partial charge in [-0.1, -0.05) is 57.5 Å². The van der Waals surface area contributed by atoms with E-state index in [1.165, 1.54) is 22.3 Å². The summed E-state index contributed by atoms with van der Waals surface area (Å²) in [4.78, 5) is 4.70. The van der Waals surface area contributed by atoms with Gasteiger partial charge in [-0.05, 0) is 48.8 Å². The molecule has 0 unspecified atom stereocenters. The Morgan fingerprint density at radius 2 is 1.43 bits per heavy atom. The first-order valence-corrected chi connectivity index (χ1v) is 8.00. The highest BCUT2D eigenvalue weighted by atomic mass is 14.7. The summed E-state index contributed by atoms with van der Waals surface area (Å²) in [5, 5.41) is 0. The lowest BCUT2D eigenvalue weighted by molar-refractivity contribution is 0.614. The number of aromatic nitrogens is 1. The molecule has 0 fully saturated rings. The van der Waals surface area contributed by atoms with Crippen molar-refractivity contribution in [1.82, 2.24) is 4.98 Å². The summed E-state index contributed by atoms with van der Waals surface area (Å²) in [6.07, 6.45) is 4.33. The molecule has 0 N–H and O–H groups in total. The van der Waals surface area contributed by atoms with Crippen molar-refractivity contribution in [1.29, 1.82) is 0 Å². The first-order valence-electron chi connectivity index (χ1n) is 8.00. The summed E-state index contributed by atoms with van der Waals surface area (Å²) < 4.78 is 0. The fourth-order valence-corrected chi connectivity index (χ4v) is 2.66. The molecule has 0 atom stereocenters. The van der Waals surface area contributed by atoms with Crippen molar-refractivity contribution in [3.63, 3.8) is 0 Å². The van der Waals surface area contributed by atoms with Crippen LogP contribution in [-0.2, 0) is 12.8 Å². The van der Waals surface area contributed by atoms with E-state index < -0.39 is 0 Å². The maximum atomic E-state index is 4.70. The van der Waals surface area contributed by atoms with Gasteiger partial charge in [0, 0.05) is 11.8 Å². The molecule has 0 aliphatic carbocycles. The minimum Gasteiger partial charge on any atom is -0.256 e. The molecule has 0 saturated heterocycles. The van der Waals surface area contributed by atoms with Gasteiger partial charge in [-0.25, -0.2) is 0 Å². The van der Waals surface area contributed by atoms with E-state index in [-0.39, 0.29) is 0 Å². The number of rotatable bonds is 5. The molecular formula is C20H27N. The van der Waals surface area contributed by atoms with Gasteiger partial charge in [0.25, 0.3) is 0 Å². The smallest absolute Gasteiger partial charge is 0.0704 e. The van der Waals surface area contributed by atoms with E-state index in [9.17, 15) is 0 Å². The van der Waals surface area contributed by atoms with Crippen LogP contribution in [0.3, 0.4) is 0 Å². The van der Waals surface area contributed by atoms with Crippen LogP contribution in [0.1, 0.15) is 44.4 Å². The Morgan fingerprint density at radius 1 is 0.857 bits per heavy atom. The Hall–Kier alpha value is -1.63. The van der Waals surface area contributed by atoms with Crippen LogP contribution < -0.4 is 0 Å². The molecular weight excluding hydrogens is 254 g/mol. The molecule has 0 radical (unpaired) electrons. The summed E-state index contributed by atoms with van der Waals surface area (Å²) in [5.74, 6) is 1.34. The second-order valence-electron chi connectivity index (χ2n) is 6.90. The molecule has 0 saturated carbocycles. The Balaban J connectivity index is 2.38. The Morgan fingerprint density at radius 3 is 2.00 bits per heavy atom. The average Bonchev–Trinajstić information content (AvgIpc) is 2.40. The lowest BCUT2D eigenvalue weighted by Gasteiger charge is -2.15. The van der Waals surface area contributed by atoms with E-state index in [1.54, 1.807) is 0 Å². The minimum absolute atomic E-state index is 0.669. The van der Waals surface area contributed by atoms with Crippen LogP contribution in [0.2, 0.25) is 0 Å². The normalized spacial score (nSPS) is 11.4. The molecule has 1 heterocycles. The van der Waals surface area contributed by atoms with E-state index in [0.29, 0.717) is 11.8 Å². The molecule has 1 aromatic carbocycles. The molecule has 112 valence electrons. The third-order valence-electron chi connectivity index (χ3n) is 3.69. The largest absolute Gasteiger partial charge is 0.256 e. The van der Waals surface area contributed by atoms with Gasteiger partial charge in [0.1, 0.15) is 0 Å². The standard InChI is InChI=1S/C20H27N/c1-14(2)10-18-12-20(17-8-6-16(5)7-9-17)21-13-19(18)11-15(3)4/h6-9,12-15H,10-11H2,1-5H3. The number of aryl methyl sites for hydroxylation is 1. The van der Waals surface area contributed by atoms with Crippen molar-refractivity contribution in [2.75, 3.05) is 0 Å². The summed E-state index contributed by atoms with van der Waals surface area (Å²) in [7, 11) is 0. The first-order chi connectivity index (χ1) is 9.95. The highest BCUT2D eigenvalue weighted by Gasteiger charge is 2.10.